The summed E-state index contributed by atoms with van der Waals surface area (Å²) < 4.78 is 0. The molecular weight excluding hydrogens is 316 g/mol. The molecule has 2 aromatic rings. The maximum atomic E-state index is 12.4. The number of fused-ring (bicyclic) bond motifs is 1. The van der Waals surface area contributed by atoms with E-state index in [0.29, 0.717) is 16.4 Å². The first-order valence-electron chi connectivity index (χ1n) is 8.18. The topological polar surface area (TPSA) is 82.9 Å². The number of hydrogen-bond acceptors (Lipinski definition) is 3. The number of amides is 3. The fraction of sp³-hybridized carbons (Fsp3) is 0.263. The van der Waals surface area contributed by atoms with Crippen LogP contribution in [-0.4, -0.2) is 18.0 Å². The largest absolute Gasteiger partial charge is 0.368 e. The first-order chi connectivity index (χ1) is 11.9. The molecule has 2 unspecified atom stereocenters. The molecule has 0 radical (unpaired) electrons. The van der Waals surface area contributed by atoms with Crippen LogP contribution in [0.3, 0.4) is 0 Å². The van der Waals surface area contributed by atoms with Gasteiger partial charge in [-0.3, -0.25) is 10.1 Å². The van der Waals surface area contributed by atoms with Crippen molar-refractivity contribution in [3.05, 3.63) is 64.3 Å². The molecule has 2 N–H and O–H groups in total. The van der Waals surface area contributed by atoms with Crippen LogP contribution in [0, 0.1) is 6.92 Å². The molecule has 3 rings (SSSR count). The van der Waals surface area contributed by atoms with E-state index in [4.69, 9.17) is 0 Å². The van der Waals surface area contributed by atoms with Crippen LogP contribution in [0.15, 0.2) is 52.4 Å². The highest BCUT2D eigenvalue weighted by molar-refractivity contribution is 5.94. The van der Waals surface area contributed by atoms with Gasteiger partial charge in [0, 0.05) is 11.7 Å². The van der Waals surface area contributed by atoms with Crippen molar-refractivity contribution in [3.63, 3.8) is 0 Å². The van der Waals surface area contributed by atoms with Gasteiger partial charge in [0.2, 0.25) is 5.91 Å². The third-order valence-corrected chi connectivity index (χ3v) is 4.22. The number of urea groups is 1. The van der Waals surface area contributed by atoms with Gasteiger partial charge >= 0.3 is 6.03 Å². The molecule has 0 aliphatic carbocycles. The molecule has 1 aliphatic heterocycles. The normalized spacial score (nSPS) is 14.9. The average molecular weight is 336 g/mol. The van der Waals surface area contributed by atoms with E-state index >= 15 is 0 Å². The second-order valence-electron chi connectivity index (χ2n) is 6.17. The van der Waals surface area contributed by atoms with E-state index in [1.165, 1.54) is 11.1 Å². The predicted molar refractivity (Wildman–Crippen MR) is 95.0 cm³/mol. The Hall–Kier alpha value is -2.86. The van der Waals surface area contributed by atoms with Crippen molar-refractivity contribution in [2.24, 2.45) is 9.98 Å². The van der Waals surface area contributed by atoms with Crippen molar-refractivity contribution >= 4 is 17.6 Å². The summed E-state index contributed by atoms with van der Waals surface area (Å²) in [7, 11) is 0. The van der Waals surface area contributed by atoms with Gasteiger partial charge in [-0.2, -0.15) is 9.98 Å². The van der Waals surface area contributed by atoms with Crippen molar-refractivity contribution in [1.82, 2.24) is 5.32 Å². The highest BCUT2D eigenvalue weighted by Crippen LogP contribution is 2.17. The van der Waals surface area contributed by atoms with E-state index in [1.54, 1.807) is 18.2 Å². The van der Waals surface area contributed by atoms with Crippen molar-refractivity contribution in [2.45, 2.75) is 32.9 Å². The molecular formula is C19H20N4O2. The van der Waals surface area contributed by atoms with Crippen LogP contribution in [0.2, 0.25) is 0 Å². The third kappa shape index (κ3) is 3.80. The van der Waals surface area contributed by atoms with Crippen molar-refractivity contribution in [2.75, 3.05) is 5.32 Å². The van der Waals surface area contributed by atoms with Crippen LogP contribution in [0.1, 0.15) is 31.0 Å². The lowest BCUT2D eigenvalue weighted by molar-refractivity contribution is -0.117. The first kappa shape index (κ1) is 17.0. The summed E-state index contributed by atoms with van der Waals surface area (Å²) in [4.78, 5) is 31.2. The minimum Gasteiger partial charge on any atom is -0.325 e. The Morgan fingerprint density at radius 2 is 1.76 bits per heavy atom. The van der Waals surface area contributed by atoms with Gasteiger partial charge in [0.05, 0.1) is 16.8 Å². The summed E-state index contributed by atoms with van der Waals surface area (Å²) in [6.07, 6.45) is 0. The zero-order valence-electron chi connectivity index (χ0n) is 14.4. The SMILES string of the molecule is Cc1ccccc1C(C)NC(C)C(=O)Nc1ccc2c(c1)=NC(=O)N=2. The number of nitrogens with one attached hydrogen (secondary N) is 2. The molecule has 1 heterocycles. The van der Waals surface area contributed by atoms with Crippen molar-refractivity contribution < 1.29 is 9.59 Å². The molecule has 0 bridgehead atoms. The van der Waals surface area contributed by atoms with Gasteiger partial charge in [-0.1, -0.05) is 24.3 Å². The maximum Gasteiger partial charge on any atom is 0.368 e. The van der Waals surface area contributed by atoms with Gasteiger partial charge in [-0.05, 0) is 50.1 Å². The van der Waals surface area contributed by atoms with Gasteiger partial charge in [-0.25, -0.2) is 4.79 Å². The van der Waals surface area contributed by atoms with Crippen LogP contribution in [0.4, 0.5) is 10.5 Å². The smallest absolute Gasteiger partial charge is 0.325 e. The van der Waals surface area contributed by atoms with Crippen LogP contribution in [0.5, 0.6) is 0 Å². The lowest BCUT2D eigenvalue weighted by Gasteiger charge is -2.21. The molecule has 3 amide bonds. The number of nitrogens with zero attached hydrogens (tertiary/aromatic N) is 2. The Balaban J connectivity index is 1.67. The number of carbonyl (C=O) groups is 2. The fourth-order valence-electron chi connectivity index (χ4n) is 2.88. The molecule has 1 aliphatic rings. The number of aryl methyl sites for hydroxylation is 1. The van der Waals surface area contributed by atoms with Gasteiger partial charge < -0.3 is 5.32 Å². The van der Waals surface area contributed by atoms with Crippen LogP contribution < -0.4 is 21.3 Å². The second kappa shape index (κ2) is 6.94. The van der Waals surface area contributed by atoms with Crippen LogP contribution >= 0.6 is 0 Å². The number of hydrogen-bond donors (Lipinski definition) is 2. The Kier molecular flexibility index (Phi) is 4.72. The minimum atomic E-state index is -0.513. The molecule has 0 saturated carbocycles. The summed E-state index contributed by atoms with van der Waals surface area (Å²) in [6.45, 7) is 5.91. The molecule has 128 valence electrons. The number of carbonyl (C=O) groups excluding carboxylic acids is 2. The van der Waals surface area contributed by atoms with Gasteiger partial charge in [0.1, 0.15) is 0 Å². The molecule has 6 heteroatoms. The molecule has 0 spiro atoms. The molecule has 2 atom stereocenters. The number of benzene rings is 2. The van der Waals surface area contributed by atoms with Crippen molar-refractivity contribution in [1.29, 1.82) is 0 Å². The summed E-state index contributed by atoms with van der Waals surface area (Å²) in [5, 5.41) is 7.16. The lowest BCUT2D eigenvalue weighted by atomic mass is 10.0. The monoisotopic (exact) mass is 336 g/mol. The van der Waals surface area contributed by atoms with E-state index in [2.05, 4.69) is 39.7 Å². The molecule has 0 fully saturated rings. The Bertz CT molecular complexity index is 952. The van der Waals surface area contributed by atoms with E-state index < -0.39 is 6.03 Å². The Labute approximate surface area is 145 Å². The molecule has 0 aromatic heterocycles. The van der Waals surface area contributed by atoms with Gasteiger partial charge in [-0.15, -0.1) is 0 Å². The number of anilines is 1. The lowest BCUT2D eigenvalue weighted by Crippen LogP contribution is -2.39. The minimum absolute atomic E-state index is 0.0494. The molecule has 6 nitrogen and oxygen atoms in total. The predicted octanol–water partition coefficient (Wildman–Crippen LogP) is 2.05. The third-order valence-electron chi connectivity index (χ3n) is 4.22. The highest BCUT2D eigenvalue weighted by Gasteiger charge is 2.17. The summed E-state index contributed by atoms with van der Waals surface area (Å²) in [6, 6.07) is 12.3. The fourth-order valence-corrected chi connectivity index (χ4v) is 2.88. The van der Waals surface area contributed by atoms with E-state index in [1.807, 2.05) is 26.0 Å². The molecule has 2 aromatic carbocycles. The highest BCUT2D eigenvalue weighted by atomic mass is 16.2. The van der Waals surface area contributed by atoms with Gasteiger partial charge in [0.25, 0.3) is 0 Å². The second-order valence-corrected chi connectivity index (χ2v) is 6.17. The zero-order valence-corrected chi connectivity index (χ0v) is 14.4. The number of rotatable bonds is 5. The summed E-state index contributed by atoms with van der Waals surface area (Å²) in [5.41, 5.74) is 2.94. The summed E-state index contributed by atoms with van der Waals surface area (Å²) >= 11 is 0. The molecule has 25 heavy (non-hydrogen) atoms. The molecule has 0 saturated heterocycles. The quantitative estimate of drug-likeness (QED) is 0.876. The summed E-state index contributed by atoms with van der Waals surface area (Å²) in [5.74, 6) is -0.151. The van der Waals surface area contributed by atoms with E-state index in [0.717, 1.165) is 0 Å². The maximum absolute atomic E-state index is 12.4. The Morgan fingerprint density at radius 3 is 2.52 bits per heavy atom. The first-order valence-corrected chi connectivity index (χ1v) is 8.18. The Morgan fingerprint density at radius 1 is 1.04 bits per heavy atom. The zero-order chi connectivity index (χ0) is 18.0. The van der Waals surface area contributed by atoms with Crippen LogP contribution in [-0.2, 0) is 4.79 Å². The van der Waals surface area contributed by atoms with Crippen LogP contribution in [0.25, 0.3) is 0 Å². The van der Waals surface area contributed by atoms with E-state index in [9.17, 15) is 9.59 Å². The average Bonchev–Trinajstić information content (AvgIpc) is 2.94. The van der Waals surface area contributed by atoms with Crippen molar-refractivity contribution in [3.8, 4) is 0 Å². The standard InChI is InChI=1S/C19H20N4O2/c1-11-6-4-5-7-15(11)12(2)20-13(3)18(24)21-14-8-9-16-17(10-14)23-19(25)22-16/h4-10,12-13,20H,1-3H3,(H,21,24). The van der Waals surface area contributed by atoms with Gasteiger partial charge in [0.15, 0.2) is 0 Å². The van der Waals surface area contributed by atoms with E-state index in [-0.39, 0.29) is 18.0 Å².